The molecule has 1 aromatic carbocycles. The van der Waals surface area contributed by atoms with Gasteiger partial charge in [0.1, 0.15) is 5.75 Å². The van der Waals surface area contributed by atoms with Crippen LogP contribution >= 0.6 is 40.7 Å². The van der Waals surface area contributed by atoms with Gasteiger partial charge in [-0.1, -0.05) is 6.07 Å². The van der Waals surface area contributed by atoms with E-state index in [9.17, 15) is 0 Å². The molecule has 2 aliphatic rings. The summed E-state index contributed by atoms with van der Waals surface area (Å²) in [4.78, 5) is 2.64. The Morgan fingerprint density at radius 3 is 2.46 bits per heavy atom. The van der Waals surface area contributed by atoms with Gasteiger partial charge in [0, 0.05) is 45.4 Å². The van der Waals surface area contributed by atoms with Crippen molar-refractivity contribution in [3.8, 4) is 5.75 Å². The van der Waals surface area contributed by atoms with E-state index in [-0.39, 0.29) is 24.8 Å². The molecule has 2 fully saturated rings. The molecule has 2 aliphatic heterocycles. The Morgan fingerprint density at radius 1 is 1.21 bits per heavy atom. The third kappa shape index (κ3) is 5.23. The topological polar surface area (TPSA) is 33.7 Å². The van der Waals surface area contributed by atoms with E-state index in [2.05, 4.69) is 44.3 Å². The molecule has 3 rings (SSSR count). The molecule has 24 heavy (non-hydrogen) atoms. The number of nitrogens with one attached hydrogen (secondary N) is 1. The standard InChI is InChI=1S/C17H25BrN2O2.2ClH/c1-21-16-3-2-14(12-15(16)18)17(13-4-10-22-11-5-13)20-8-6-19-7-9-20;;/h2-3,12-13,17,19H,4-11H2,1H3;2*1H/t17-;;/m0../s1. The number of hydrogen-bond acceptors (Lipinski definition) is 4. The Balaban J connectivity index is 0.00000144. The summed E-state index contributed by atoms with van der Waals surface area (Å²) < 4.78 is 12.0. The number of piperazine rings is 1. The molecule has 2 saturated heterocycles. The van der Waals surface area contributed by atoms with E-state index in [1.165, 1.54) is 5.56 Å². The Labute approximate surface area is 165 Å². The van der Waals surface area contributed by atoms with Gasteiger partial charge in [-0.25, -0.2) is 0 Å². The van der Waals surface area contributed by atoms with Crippen molar-refractivity contribution in [1.82, 2.24) is 10.2 Å². The molecule has 0 radical (unpaired) electrons. The first kappa shape index (κ1) is 22.0. The van der Waals surface area contributed by atoms with Crippen molar-refractivity contribution in [3.05, 3.63) is 28.2 Å². The lowest BCUT2D eigenvalue weighted by Gasteiger charge is -2.41. The van der Waals surface area contributed by atoms with Crippen LogP contribution in [0.2, 0.25) is 0 Å². The Bertz CT molecular complexity index is 477. The second-order valence-electron chi connectivity index (χ2n) is 6.07. The summed E-state index contributed by atoms with van der Waals surface area (Å²) in [6.45, 7) is 6.18. The summed E-state index contributed by atoms with van der Waals surface area (Å²) in [5.74, 6) is 1.57. The largest absolute Gasteiger partial charge is 0.496 e. The summed E-state index contributed by atoms with van der Waals surface area (Å²) in [6.07, 6.45) is 2.30. The van der Waals surface area contributed by atoms with Crippen LogP contribution in [0.3, 0.4) is 0 Å². The quantitative estimate of drug-likeness (QED) is 0.772. The smallest absolute Gasteiger partial charge is 0.133 e. The Hall–Kier alpha value is -0.0400. The molecule has 1 atom stereocenters. The molecule has 0 aliphatic carbocycles. The third-order valence-electron chi connectivity index (χ3n) is 4.77. The zero-order valence-electron chi connectivity index (χ0n) is 14.0. The van der Waals surface area contributed by atoms with Crippen molar-refractivity contribution in [2.45, 2.75) is 18.9 Å². The fourth-order valence-corrected chi connectivity index (χ4v) is 4.20. The molecule has 7 heteroatoms. The fraction of sp³-hybridized carbons (Fsp3) is 0.647. The van der Waals surface area contributed by atoms with Crippen LogP contribution in [-0.4, -0.2) is 51.4 Å². The van der Waals surface area contributed by atoms with Crippen molar-refractivity contribution in [2.24, 2.45) is 5.92 Å². The summed E-state index contributed by atoms with van der Waals surface area (Å²) >= 11 is 3.64. The first-order chi connectivity index (χ1) is 10.8. The van der Waals surface area contributed by atoms with Gasteiger partial charge in [-0.15, -0.1) is 24.8 Å². The van der Waals surface area contributed by atoms with Gasteiger partial charge in [0.2, 0.25) is 0 Å². The highest BCUT2D eigenvalue weighted by Crippen LogP contribution is 2.38. The lowest BCUT2D eigenvalue weighted by atomic mass is 9.85. The average molecular weight is 442 g/mol. The minimum absolute atomic E-state index is 0. The maximum absolute atomic E-state index is 5.57. The monoisotopic (exact) mass is 440 g/mol. The van der Waals surface area contributed by atoms with Crippen molar-refractivity contribution >= 4 is 40.7 Å². The van der Waals surface area contributed by atoms with E-state index in [0.717, 1.165) is 62.5 Å². The number of benzene rings is 1. The van der Waals surface area contributed by atoms with Crippen molar-refractivity contribution in [1.29, 1.82) is 0 Å². The van der Waals surface area contributed by atoms with E-state index >= 15 is 0 Å². The second kappa shape index (κ2) is 10.8. The van der Waals surface area contributed by atoms with Crippen molar-refractivity contribution in [2.75, 3.05) is 46.5 Å². The van der Waals surface area contributed by atoms with E-state index in [1.807, 2.05) is 0 Å². The van der Waals surface area contributed by atoms with Gasteiger partial charge in [0.15, 0.2) is 0 Å². The predicted octanol–water partition coefficient (Wildman–Crippen LogP) is 3.67. The predicted molar refractivity (Wildman–Crippen MR) is 106 cm³/mol. The average Bonchev–Trinajstić information content (AvgIpc) is 2.57. The van der Waals surface area contributed by atoms with Gasteiger partial charge >= 0.3 is 0 Å². The highest BCUT2D eigenvalue weighted by atomic mass is 79.9. The van der Waals surface area contributed by atoms with Crippen molar-refractivity contribution in [3.63, 3.8) is 0 Å². The number of rotatable bonds is 4. The SMILES string of the molecule is COc1ccc([C@H](C2CCOCC2)N2CCNCC2)cc1Br.Cl.Cl. The molecular formula is C17H27BrCl2N2O2. The molecule has 0 aromatic heterocycles. The number of ether oxygens (including phenoxy) is 2. The number of hydrogen-bond donors (Lipinski definition) is 1. The van der Waals surface area contributed by atoms with Crippen LogP contribution in [0.25, 0.3) is 0 Å². The highest BCUT2D eigenvalue weighted by Gasteiger charge is 2.31. The van der Waals surface area contributed by atoms with Crippen molar-refractivity contribution < 1.29 is 9.47 Å². The molecular weight excluding hydrogens is 415 g/mol. The molecule has 0 spiro atoms. The van der Waals surface area contributed by atoms with Crippen LogP contribution in [0.4, 0.5) is 0 Å². The number of halogens is 3. The molecule has 138 valence electrons. The van der Waals surface area contributed by atoms with Gasteiger partial charge in [-0.3, -0.25) is 4.90 Å². The fourth-order valence-electron chi connectivity index (χ4n) is 3.64. The molecule has 0 unspecified atom stereocenters. The lowest BCUT2D eigenvalue weighted by molar-refractivity contribution is 0.0213. The van der Waals surface area contributed by atoms with E-state index in [1.54, 1.807) is 7.11 Å². The Morgan fingerprint density at radius 2 is 1.88 bits per heavy atom. The zero-order valence-corrected chi connectivity index (χ0v) is 17.2. The summed E-state index contributed by atoms with van der Waals surface area (Å²) in [6, 6.07) is 7.02. The second-order valence-corrected chi connectivity index (χ2v) is 6.93. The summed E-state index contributed by atoms with van der Waals surface area (Å²) in [5, 5.41) is 3.46. The molecule has 0 amide bonds. The van der Waals surface area contributed by atoms with Crippen LogP contribution in [0, 0.1) is 5.92 Å². The van der Waals surface area contributed by atoms with Gasteiger partial charge in [-0.2, -0.15) is 0 Å². The minimum Gasteiger partial charge on any atom is -0.496 e. The Kier molecular flexibility index (Phi) is 9.94. The number of methoxy groups -OCH3 is 1. The van der Waals surface area contributed by atoms with E-state index in [4.69, 9.17) is 9.47 Å². The zero-order chi connectivity index (χ0) is 15.4. The lowest BCUT2D eigenvalue weighted by Crippen LogP contribution is -2.47. The molecule has 0 saturated carbocycles. The van der Waals surface area contributed by atoms with Crippen LogP contribution in [0.5, 0.6) is 5.75 Å². The van der Waals surface area contributed by atoms with Gasteiger partial charge < -0.3 is 14.8 Å². The molecule has 1 N–H and O–H groups in total. The normalized spacial score (nSPS) is 20.6. The van der Waals surface area contributed by atoms with E-state index in [0.29, 0.717) is 12.0 Å². The highest BCUT2D eigenvalue weighted by molar-refractivity contribution is 9.10. The first-order valence-corrected chi connectivity index (χ1v) is 8.95. The van der Waals surface area contributed by atoms with Gasteiger partial charge in [0.25, 0.3) is 0 Å². The van der Waals surface area contributed by atoms with Gasteiger partial charge in [-0.05, 0) is 52.4 Å². The third-order valence-corrected chi connectivity index (χ3v) is 5.39. The van der Waals surface area contributed by atoms with Gasteiger partial charge in [0.05, 0.1) is 11.6 Å². The van der Waals surface area contributed by atoms with Crippen LogP contribution < -0.4 is 10.1 Å². The summed E-state index contributed by atoms with van der Waals surface area (Å²) in [5.41, 5.74) is 1.39. The van der Waals surface area contributed by atoms with Crippen LogP contribution in [0.15, 0.2) is 22.7 Å². The minimum atomic E-state index is 0. The van der Waals surface area contributed by atoms with Crippen LogP contribution in [-0.2, 0) is 4.74 Å². The molecule has 0 bridgehead atoms. The molecule has 2 heterocycles. The molecule has 4 nitrogen and oxygen atoms in total. The maximum Gasteiger partial charge on any atom is 0.133 e. The van der Waals surface area contributed by atoms with E-state index < -0.39 is 0 Å². The molecule has 1 aromatic rings. The first-order valence-electron chi connectivity index (χ1n) is 8.15. The summed E-state index contributed by atoms with van der Waals surface area (Å²) in [7, 11) is 1.71. The van der Waals surface area contributed by atoms with Crippen LogP contribution in [0.1, 0.15) is 24.4 Å². The maximum atomic E-state index is 5.57. The number of nitrogens with zero attached hydrogens (tertiary/aromatic N) is 1.